The Morgan fingerprint density at radius 1 is 1.19 bits per heavy atom. The Hall–Kier alpha value is -3.59. The van der Waals surface area contributed by atoms with Gasteiger partial charge < -0.3 is 19.9 Å². The van der Waals surface area contributed by atoms with Crippen molar-refractivity contribution in [2.75, 3.05) is 45.7 Å². The number of nitrogens with one attached hydrogen (secondary N) is 1. The Labute approximate surface area is 186 Å². The van der Waals surface area contributed by atoms with Crippen molar-refractivity contribution in [3.8, 4) is 0 Å². The van der Waals surface area contributed by atoms with Crippen LogP contribution in [-0.2, 0) is 4.74 Å². The third-order valence-corrected chi connectivity index (χ3v) is 5.49. The summed E-state index contributed by atoms with van der Waals surface area (Å²) in [4.78, 5) is 42.6. The zero-order valence-corrected chi connectivity index (χ0v) is 18.6. The molecule has 0 aliphatic carbocycles. The largest absolute Gasteiger partial charge is 0.368 e. The predicted molar refractivity (Wildman–Crippen MR) is 121 cm³/mol. The molecule has 1 fully saturated rings. The van der Waals surface area contributed by atoms with Gasteiger partial charge in [0, 0.05) is 39.3 Å². The van der Waals surface area contributed by atoms with E-state index in [0.29, 0.717) is 53.7 Å². The number of aromatic nitrogens is 3. The molecular weight excluding hydrogens is 408 g/mol. The van der Waals surface area contributed by atoms with Gasteiger partial charge in [-0.1, -0.05) is 18.2 Å². The van der Waals surface area contributed by atoms with Gasteiger partial charge >= 0.3 is 0 Å². The van der Waals surface area contributed by atoms with E-state index in [0.717, 1.165) is 5.39 Å². The van der Waals surface area contributed by atoms with Gasteiger partial charge in [-0.2, -0.15) is 0 Å². The number of fused-ring (bicyclic) bond motifs is 1. The third-order valence-electron chi connectivity index (χ3n) is 5.49. The molecule has 0 spiro atoms. The van der Waals surface area contributed by atoms with Crippen molar-refractivity contribution >= 4 is 28.7 Å². The first-order chi connectivity index (χ1) is 15.4. The van der Waals surface area contributed by atoms with Crippen molar-refractivity contribution in [3.05, 3.63) is 59.0 Å². The molecule has 2 amide bonds. The highest BCUT2D eigenvalue weighted by Gasteiger charge is 2.29. The fourth-order valence-electron chi connectivity index (χ4n) is 3.75. The number of pyridine rings is 1. The molecule has 2 aromatic heterocycles. The fourth-order valence-corrected chi connectivity index (χ4v) is 3.75. The van der Waals surface area contributed by atoms with E-state index < -0.39 is 6.10 Å². The fraction of sp³-hybridized carbons (Fsp3) is 0.348. The van der Waals surface area contributed by atoms with Crippen molar-refractivity contribution in [3.63, 3.8) is 0 Å². The van der Waals surface area contributed by atoms with Crippen LogP contribution in [0.1, 0.15) is 38.2 Å². The van der Waals surface area contributed by atoms with Crippen molar-refractivity contribution < 1.29 is 14.3 Å². The van der Waals surface area contributed by atoms with Crippen LogP contribution in [0.5, 0.6) is 0 Å². The number of ether oxygens (including phenoxy) is 1. The number of para-hydroxylation sites is 1. The highest BCUT2D eigenvalue weighted by molar-refractivity contribution is 6.06. The van der Waals surface area contributed by atoms with Crippen LogP contribution >= 0.6 is 0 Å². The Morgan fingerprint density at radius 3 is 2.69 bits per heavy atom. The van der Waals surface area contributed by atoms with Gasteiger partial charge in [-0.05, 0) is 19.1 Å². The van der Waals surface area contributed by atoms with Gasteiger partial charge in [0.05, 0.1) is 41.2 Å². The van der Waals surface area contributed by atoms with E-state index in [-0.39, 0.29) is 11.8 Å². The zero-order chi connectivity index (χ0) is 22.8. The Morgan fingerprint density at radius 2 is 1.97 bits per heavy atom. The SMILES string of the molecule is CNC(=O)c1cc([C@@H]2CN(C(=O)c3cnc(N(C)C)nc3C)CCO2)nc2ccccc12. The summed E-state index contributed by atoms with van der Waals surface area (Å²) in [7, 11) is 5.31. The highest BCUT2D eigenvalue weighted by Crippen LogP contribution is 2.27. The van der Waals surface area contributed by atoms with E-state index in [1.807, 2.05) is 38.4 Å². The molecule has 1 aliphatic rings. The van der Waals surface area contributed by atoms with Crippen molar-refractivity contribution in [1.29, 1.82) is 0 Å². The van der Waals surface area contributed by atoms with Crippen LogP contribution in [-0.4, -0.2) is 72.5 Å². The summed E-state index contributed by atoms with van der Waals surface area (Å²) in [5.74, 6) is 0.219. The summed E-state index contributed by atoms with van der Waals surface area (Å²) < 4.78 is 5.95. The minimum atomic E-state index is -0.442. The number of aryl methyl sites for hydroxylation is 1. The topological polar surface area (TPSA) is 101 Å². The molecule has 3 heterocycles. The minimum Gasteiger partial charge on any atom is -0.368 e. The van der Waals surface area contributed by atoms with Gasteiger partial charge in [-0.3, -0.25) is 9.59 Å². The molecule has 3 aromatic rings. The molecule has 4 rings (SSSR count). The molecule has 9 nitrogen and oxygen atoms in total. The van der Waals surface area contributed by atoms with E-state index in [1.165, 1.54) is 0 Å². The van der Waals surface area contributed by atoms with Crippen molar-refractivity contribution in [1.82, 2.24) is 25.2 Å². The number of nitrogens with zero attached hydrogens (tertiary/aromatic N) is 5. The summed E-state index contributed by atoms with van der Waals surface area (Å²) in [5, 5.41) is 3.45. The second kappa shape index (κ2) is 8.88. The van der Waals surface area contributed by atoms with Gasteiger partial charge in [-0.25, -0.2) is 15.0 Å². The lowest BCUT2D eigenvalue weighted by Gasteiger charge is -2.33. The molecule has 9 heteroatoms. The van der Waals surface area contributed by atoms with Crippen LogP contribution in [0.15, 0.2) is 36.5 Å². The average molecular weight is 435 g/mol. The Bertz CT molecular complexity index is 1180. The molecule has 32 heavy (non-hydrogen) atoms. The monoisotopic (exact) mass is 434 g/mol. The van der Waals surface area contributed by atoms with E-state index in [2.05, 4.69) is 15.3 Å². The first kappa shape index (κ1) is 21.6. The lowest BCUT2D eigenvalue weighted by Crippen LogP contribution is -2.43. The first-order valence-electron chi connectivity index (χ1n) is 10.4. The van der Waals surface area contributed by atoms with Gasteiger partial charge in [0.25, 0.3) is 11.8 Å². The van der Waals surface area contributed by atoms with Crippen LogP contribution in [0.25, 0.3) is 10.9 Å². The maximum Gasteiger partial charge on any atom is 0.257 e. The zero-order valence-electron chi connectivity index (χ0n) is 18.6. The van der Waals surface area contributed by atoms with Crippen LogP contribution in [0, 0.1) is 6.92 Å². The molecule has 1 aromatic carbocycles. The lowest BCUT2D eigenvalue weighted by molar-refractivity contribution is -0.0246. The number of hydrogen-bond acceptors (Lipinski definition) is 7. The molecule has 1 saturated heterocycles. The summed E-state index contributed by atoms with van der Waals surface area (Å²) >= 11 is 0. The molecule has 0 radical (unpaired) electrons. The lowest BCUT2D eigenvalue weighted by atomic mass is 10.0. The maximum atomic E-state index is 13.2. The van der Waals surface area contributed by atoms with E-state index in [9.17, 15) is 9.59 Å². The maximum absolute atomic E-state index is 13.2. The molecular formula is C23H26N6O3. The van der Waals surface area contributed by atoms with Crippen molar-refractivity contribution in [2.24, 2.45) is 0 Å². The normalized spacial score (nSPS) is 16.1. The number of rotatable bonds is 4. The molecule has 0 saturated carbocycles. The number of hydrogen-bond donors (Lipinski definition) is 1. The molecule has 1 N–H and O–H groups in total. The standard InChI is InChI=1S/C23H26N6O3/c1-14-17(12-25-23(26-14)28(3)4)22(31)29-9-10-32-20(13-29)19-11-16(21(30)24-2)15-7-5-6-8-18(15)27-19/h5-8,11-12,20H,9-10,13H2,1-4H3,(H,24,30)/t20-/m0/s1. The minimum absolute atomic E-state index is 0.145. The quantitative estimate of drug-likeness (QED) is 0.670. The van der Waals surface area contributed by atoms with Crippen molar-refractivity contribution in [2.45, 2.75) is 13.0 Å². The van der Waals surface area contributed by atoms with Crippen LogP contribution in [0.4, 0.5) is 5.95 Å². The van der Waals surface area contributed by atoms with Crippen LogP contribution in [0.3, 0.4) is 0 Å². The van der Waals surface area contributed by atoms with Gasteiger partial charge in [0.1, 0.15) is 6.10 Å². The van der Waals surface area contributed by atoms with E-state index in [4.69, 9.17) is 9.72 Å². The number of morpholine rings is 1. The molecule has 166 valence electrons. The van der Waals surface area contributed by atoms with Gasteiger partial charge in [-0.15, -0.1) is 0 Å². The number of carbonyl (C=O) groups excluding carboxylic acids is 2. The summed E-state index contributed by atoms with van der Waals surface area (Å²) in [6, 6.07) is 9.24. The number of carbonyl (C=O) groups is 2. The smallest absolute Gasteiger partial charge is 0.257 e. The number of benzene rings is 1. The summed E-state index contributed by atoms with van der Waals surface area (Å²) in [6.45, 7) is 2.96. The second-order valence-corrected chi connectivity index (χ2v) is 7.87. The molecule has 1 aliphatic heterocycles. The number of amides is 2. The highest BCUT2D eigenvalue weighted by atomic mass is 16.5. The van der Waals surface area contributed by atoms with Crippen LogP contribution in [0.2, 0.25) is 0 Å². The molecule has 0 unspecified atom stereocenters. The summed E-state index contributed by atoms with van der Waals surface area (Å²) in [6.07, 6.45) is 1.13. The molecule has 1 atom stereocenters. The van der Waals surface area contributed by atoms with E-state index >= 15 is 0 Å². The van der Waals surface area contributed by atoms with Crippen LogP contribution < -0.4 is 10.2 Å². The average Bonchev–Trinajstić information content (AvgIpc) is 2.82. The van der Waals surface area contributed by atoms with E-state index in [1.54, 1.807) is 36.0 Å². The summed E-state index contributed by atoms with van der Waals surface area (Å²) in [5.41, 5.74) is 2.95. The Balaban J connectivity index is 1.63. The first-order valence-corrected chi connectivity index (χ1v) is 10.4. The third kappa shape index (κ3) is 4.11. The van der Waals surface area contributed by atoms with Gasteiger partial charge in [0.15, 0.2) is 0 Å². The molecule has 0 bridgehead atoms. The second-order valence-electron chi connectivity index (χ2n) is 7.87. The number of anilines is 1. The Kier molecular flexibility index (Phi) is 6.00. The predicted octanol–water partition coefficient (Wildman–Crippen LogP) is 1.97. The van der Waals surface area contributed by atoms with Gasteiger partial charge in [0.2, 0.25) is 5.95 Å².